The Hall–Kier alpha value is 2.98. The standard InChI is InChI=1S/Fe.12Mo.H3N.48O/h;;;;;;;;;;;;;1H3;;;;;;;;;;;;;;;;;;;;;;;;;;;;;;;;;;;;;;;;;;;;;;;;/q+3;;;;;;;;;;;;;;;;;;;;;;;;;;;;;;;;;;;;;;24*-1/p+1. The normalized spacial score (nSPS) is 11.2. The first-order chi connectivity index (χ1) is 24.0. The predicted octanol–water partition coefficient (Wildman–Crippen LogP) is -31.0. The Morgan fingerprint density at radius 1 is 0.129 bits per heavy atom. The molecule has 0 aliphatic carbocycles. The summed E-state index contributed by atoms with van der Waals surface area (Å²) >= 11 is -72.2. The molecule has 0 unspecified atom stereocenters. The van der Waals surface area contributed by atoms with Gasteiger partial charge in [0.2, 0.25) is 0 Å². The van der Waals surface area contributed by atoms with Gasteiger partial charge in [-0.2, -0.15) is 0 Å². The van der Waals surface area contributed by atoms with Crippen LogP contribution < -0.4 is 96.4 Å². The van der Waals surface area contributed by atoms with Crippen molar-refractivity contribution in [2.24, 2.45) is 0 Å². The molecule has 62 heavy (non-hydrogen) atoms. The Kier molecular flexibility index (Phi) is 74.5. The van der Waals surface area contributed by atoms with E-state index in [1.807, 2.05) is 0 Å². The van der Waals surface area contributed by atoms with Crippen LogP contribution in [0.2, 0.25) is 0 Å². The molecule has 0 bridgehead atoms. The second-order valence-corrected chi connectivity index (χ2v) is 29.0. The van der Waals surface area contributed by atoms with Gasteiger partial charge in [-0.25, -0.2) is 0 Å². The summed E-state index contributed by atoms with van der Waals surface area (Å²) < 4.78 is 414. The average Bonchev–Trinajstić information content (AvgIpc) is 2.48. The van der Waals surface area contributed by atoms with Crippen molar-refractivity contribution < 1.29 is 390 Å². The number of rotatable bonds is 0. The topological polar surface area (TPSA) is 1000 Å². The van der Waals surface area contributed by atoms with E-state index in [2.05, 4.69) is 0 Å². The van der Waals surface area contributed by atoms with E-state index in [1.54, 1.807) is 0 Å². The molecular formula is H4FeMo12NO48-20. The molecule has 49 nitrogen and oxygen atoms in total. The Balaban J connectivity index is -0.0000000337. The van der Waals surface area contributed by atoms with Crippen LogP contribution in [0.4, 0.5) is 0 Å². The van der Waals surface area contributed by atoms with Gasteiger partial charge in [0.15, 0.2) is 0 Å². The van der Waals surface area contributed by atoms with Gasteiger partial charge in [0.25, 0.3) is 0 Å². The fourth-order valence-electron chi connectivity index (χ4n) is 0. The third-order valence-corrected chi connectivity index (χ3v) is 0. The van der Waals surface area contributed by atoms with E-state index >= 15 is 0 Å². The number of hydrogen-bond acceptors (Lipinski definition) is 48. The van der Waals surface area contributed by atoms with Gasteiger partial charge in [-0.1, -0.05) is 0 Å². The van der Waals surface area contributed by atoms with Crippen molar-refractivity contribution in [1.82, 2.24) is 6.15 Å². The summed E-state index contributed by atoms with van der Waals surface area (Å²) in [5.74, 6) is 0. The van der Waals surface area contributed by atoms with E-state index in [1.165, 1.54) is 0 Å². The van der Waals surface area contributed by atoms with Gasteiger partial charge in [-0.15, -0.1) is 0 Å². The average molecular weight is 1990 g/mol. The first kappa shape index (κ1) is 102. The van der Waals surface area contributed by atoms with E-state index < -0.39 is 201 Å². The Bertz CT molecular complexity index is 1700. The maximum atomic E-state index is 8.63. The Morgan fingerprint density at radius 3 is 0.129 bits per heavy atom. The quantitative estimate of drug-likeness (QED) is 0.220. The first-order valence-electron chi connectivity index (χ1n) is 8.00. The molecule has 0 saturated heterocycles. The molecule has 62 heteroatoms. The zero-order valence-corrected chi connectivity index (χ0v) is 51.0. The zero-order chi connectivity index (χ0) is 54.0. The van der Waals surface area contributed by atoms with Gasteiger partial charge >= 0.3 is 390 Å². The molecule has 0 atom stereocenters. The molecule has 1 radical (unpaired) electrons. The van der Waals surface area contributed by atoms with Crippen LogP contribution in [0.25, 0.3) is 0 Å². The van der Waals surface area contributed by atoms with Gasteiger partial charge in [-0.3, -0.25) is 0 Å². The molecule has 397 valence electrons. The van der Waals surface area contributed by atoms with Gasteiger partial charge in [0.1, 0.15) is 0 Å². The minimum atomic E-state index is -6.02. The van der Waals surface area contributed by atoms with Crippen LogP contribution in [0.15, 0.2) is 0 Å². The third-order valence-electron chi connectivity index (χ3n) is 0. The molecule has 0 aromatic heterocycles. The van der Waals surface area contributed by atoms with E-state index in [0.717, 1.165) is 0 Å². The fraction of sp³-hybridized carbons (Fsp3) is 0. The Labute approximate surface area is 389 Å². The van der Waals surface area contributed by atoms with Gasteiger partial charge < -0.3 is 6.15 Å². The third kappa shape index (κ3) is 27300. The van der Waals surface area contributed by atoms with Crippen LogP contribution in [0.1, 0.15) is 0 Å². The minimum absolute atomic E-state index is 0. The van der Waals surface area contributed by atoms with E-state index in [0.29, 0.717) is 0 Å². The van der Waals surface area contributed by atoms with Crippen molar-refractivity contribution in [3.8, 4) is 0 Å². The summed E-state index contributed by atoms with van der Waals surface area (Å²) in [7, 11) is 0. The monoisotopic (exact) mass is 2020 g/mol. The van der Waals surface area contributed by atoms with Crippen molar-refractivity contribution in [2.45, 2.75) is 0 Å². The molecule has 0 spiro atoms. The van der Waals surface area contributed by atoms with Crippen LogP contribution >= 0.6 is 0 Å². The van der Waals surface area contributed by atoms with E-state index in [-0.39, 0.29) is 23.2 Å². The summed E-state index contributed by atoms with van der Waals surface area (Å²) in [5.41, 5.74) is 0. The SMILES string of the molecule is [Fe+3].[NH4+].[O]=[Mo](=[O])([O-])[O-].[O]=[Mo](=[O])([O-])[O-].[O]=[Mo](=[O])([O-])[O-].[O]=[Mo](=[O])([O-])[O-].[O]=[Mo](=[O])([O-])[O-].[O]=[Mo](=[O])([O-])[O-].[O]=[Mo](=[O])([O-])[O-].[O]=[Mo](=[O])([O-])[O-].[O]=[Mo](=[O])([O-])[O-].[O]=[Mo](=[O])([O-])[O-].[O]=[Mo](=[O])([O-])[O-].[O]=[Mo](=[O])([O-])[O-]. The van der Waals surface area contributed by atoms with Crippen molar-refractivity contribution in [3.05, 3.63) is 0 Å². The second-order valence-electron chi connectivity index (χ2n) is 4.90. The molecular weight excluding hydrogens is 1990 g/mol. The molecule has 0 aliphatic rings. The van der Waals surface area contributed by atoms with Crippen molar-refractivity contribution in [3.63, 3.8) is 0 Å². The Morgan fingerprint density at radius 2 is 0.129 bits per heavy atom. The molecule has 4 N–H and O–H groups in total. The van der Waals surface area contributed by atoms with Crippen LogP contribution in [0.3, 0.4) is 0 Å². The van der Waals surface area contributed by atoms with Crippen LogP contribution in [0, 0.1) is 0 Å². The summed E-state index contributed by atoms with van der Waals surface area (Å²) in [5, 5.41) is 0. The van der Waals surface area contributed by atoms with Crippen molar-refractivity contribution >= 4 is 0 Å². The van der Waals surface area contributed by atoms with E-state index in [4.69, 9.17) is 172 Å². The summed E-state index contributed by atoms with van der Waals surface area (Å²) in [6.45, 7) is 0. The van der Waals surface area contributed by atoms with Crippen molar-refractivity contribution in [2.75, 3.05) is 0 Å². The maximum absolute atomic E-state index is 8.63. The molecule has 0 aromatic carbocycles. The number of quaternary nitrogens is 1. The van der Waals surface area contributed by atoms with Crippen molar-refractivity contribution in [1.29, 1.82) is 0 Å². The molecule has 0 fully saturated rings. The van der Waals surface area contributed by atoms with Crippen LogP contribution in [0.5, 0.6) is 0 Å². The van der Waals surface area contributed by atoms with Gasteiger partial charge in [-0.05, 0) is 0 Å². The summed E-state index contributed by atoms with van der Waals surface area (Å²) in [6, 6.07) is 0. The van der Waals surface area contributed by atoms with Crippen LogP contribution in [-0.2, 0) is 300 Å². The fourth-order valence-corrected chi connectivity index (χ4v) is 0. The van der Waals surface area contributed by atoms with Gasteiger partial charge in [0, 0.05) is 0 Å². The van der Waals surface area contributed by atoms with E-state index in [9.17, 15) is 0 Å². The molecule has 0 aliphatic heterocycles. The zero-order valence-electron chi connectivity index (χ0n) is 25.8. The first-order valence-corrected chi connectivity index (χ1v) is 47.3. The number of hydrogen-bond donors (Lipinski definition) is 1. The molecule has 0 saturated carbocycles. The molecule has 0 amide bonds. The molecule has 0 rings (SSSR count). The predicted molar refractivity (Wildman–Crippen MR) is 22.5 cm³/mol. The van der Waals surface area contributed by atoms with Crippen LogP contribution in [-0.4, -0.2) is 0 Å². The summed E-state index contributed by atoms with van der Waals surface area (Å²) in [6.07, 6.45) is 0. The second kappa shape index (κ2) is 45.1. The molecule has 0 heterocycles. The van der Waals surface area contributed by atoms with Gasteiger partial charge in [0.05, 0.1) is 0 Å². The molecule has 0 aromatic rings. The summed E-state index contributed by atoms with van der Waals surface area (Å²) in [4.78, 5) is 0.